The number of hydrogen-bond donors (Lipinski definition) is 1. The predicted octanol–water partition coefficient (Wildman–Crippen LogP) is 4.15. The summed E-state index contributed by atoms with van der Waals surface area (Å²) in [4.78, 5) is 15.1. The number of nitrogens with one attached hydrogen (secondary N) is 1. The zero-order valence-electron chi connectivity index (χ0n) is 11.6. The molecule has 0 bridgehead atoms. The van der Waals surface area contributed by atoms with E-state index in [1.54, 1.807) is 6.07 Å². The summed E-state index contributed by atoms with van der Waals surface area (Å²) in [7, 11) is 0. The van der Waals surface area contributed by atoms with Gasteiger partial charge in [-0.2, -0.15) is 0 Å². The van der Waals surface area contributed by atoms with Gasteiger partial charge in [-0.15, -0.1) is 0 Å². The van der Waals surface area contributed by atoms with Gasteiger partial charge < -0.3 is 9.72 Å². The van der Waals surface area contributed by atoms with Crippen LogP contribution in [0.4, 0.5) is 4.39 Å². The molecule has 0 aliphatic rings. The van der Waals surface area contributed by atoms with Gasteiger partial charge in [0, 0.05) is 15.4 Å². The van der Waals surface area contributed by atoms with E-state index < -0.39 is 5.82 Å². The van der Waals surface area contributed by atoms with E-state index >= 15 is 0 Å². The number of halogens is 2. The van der Waals surface area contributed by atoms with Crippen LogP contribution in [0.3, 0.4) is 0 Å². The Labute approximate surface area is 140 Å². The van der Waals surface area contributed by atoms with Gasteiger partial charge in [-0.1, -0.05) is 52.9 Å². The Balaban J connectivity index is 2.31. The van der Waals surface area contributed by atoms with E-state index in [0.29, 0.717) is 28.8 Å². The third-order valence-electron chi connectivity index (χ3n) is 3.32. The lowest BCUT2D eigenvalue weighted by atomic mass is 10.1. The monoisotopic (exact) mass is 409 g/mol. The van der Waals surface area contributed by atoms with Gasteiger partial charge in [0.2, 0.25) is 0 Å². The first-order valence-corrected chi connectivity index (χ1v) is 8.33. The standard InChI is InChI=1S/C17H13FINO2/c18-12-6-7-13-14(10-12)17(21)20-15(16(13)22-9-8-19)11-4-2-1-3-5-11/h1-7,10H,8-9H2,(H,20,21). The third kappa shape index (κ3) is 2.85. The zero-order chi connectivity index (χ0) is 15.5. The van der Waals surface area contributed by atoms with Gasteiger partial charge in [-0.25, -0.2) is 4.39 Å². The van der Waals surface area contributed by atoms with Crippen LogP contribution in [0.5, 0.6) is 5.75 Å². The molecule has 0 spiro atoms. The molecule has 0 fully saturated rings. The van der Waals surface area contributed by atoms with Crippen LogP contribution >= 0.6 is 22.6 Å². The molecule has 1 aromatic heterocycles. The molecule has 0 amide bonds. The Morgan fingerprint density at radius 2 is 1.86 bits per heavy atom. The van der Waals surface area contributed by atoms with Crippen LogP contribution in [-0.4, -0.2) is 16.0 Å². The molecule has 0 aliphatic heterocycles. The quantitative estimate of drug-likeness (QED) is 0.520. The number of aromatic amines is 1. The van der Waals surface area contributed by atoms with Crippen LogP contribution in [0.1, 0.15) is 0 Å². The van der Waals surface area contributed by atoms with Gasteiger partial charge in [0.25, 0.3) is 5.56 Å². The van der Waals surface area contributed by atoms with Crippen LogP contribution in [0, 0.1) is 5.82 Å². The lowest BCUT2D eigenvalue weighted by Crippen LogP contribution is -2.11. The smallest absolute Gasteiger partial charge is 0.256 e. The van der Waals surface area contributed by atoms with Crippen LogP contribution in [0.15, 0.2) is 53.3 Å². The molecule has 3 rings (SSSR count). The average molecular weight is 409 g/mol. The first-order chi connectivity index (χ1) is 10.7. The van der Waals surface area contributed by atoms with Gasteiger partial charge in [-0.05, 0) is 18.2 Å². The van der Waals surface area contributed by atoms with Crippen molar-refractivity contribution in [3.63, 3.8) is 0 Å². The van der Waals surface area contributed by atoms with Crippen molar-refractivity contribution in [2.24, 2.45) is 0 Å². The van der Waals surface area contributed by atoms with Crippen molar-refractivity contribution in [2.45, 2.75) is 0 Å². The molecule has 1 heterocycles. The molecule has 5 heteroatoms. The summed E-state index contributed by atoms with van der Waals surface area (Å²) in [5, 5.41) is 0.914. The predicted molar refractivity (Wildman–Crippen MR) is 94.3 cm³/mol. The first-order valence-electron chi connectivity index (χ1n) is 6.80. The number of H-pyrrole nitrogens is 1. The van der Waals surface area contributed by atoms with E-state index in [-0.39, 0.29) is 5.56 Å². The second kappa shape index (κ2) is 6.48. The normalized spacial score (nSPS) is 10.8. The number of hydrogen-bond acceptors (Lipinski definition) is 2. The minimum absolute atomic E-state index is 0.295. The van der Waals surface area contributed by atoms with E-state index in [9.17, 15) is 9.18 Å². The molecule has 3 nitrogen and oxygen atoms in total. The lowest BCUT2D eigenvalue weighted by Gasteiger charge is -2.14. The molecule has 22 heavy (non-hydrogen) atoms. The van der Waals surface area contributed by atoms with E-state index in [1.165, 1.54) is 12.1 Å². The largest absolute Gasteiger partial charge is 0.490 e. The van der Waals surface area contributed by atoms with Crippen molar-refractivity contribution in [2.75, 3.05) is 11.0 Å². The minimum Gasteiger partial charge on any atom is -0.490 e. The van der Waals surface area contributed by atoms with Gasteiger partial charge in [0.1, 0.15) is 5.82 Å². The molecule has 0 radical (unpaired) electrons. The summed E-state index contributed by atoms with van der Waals surface area (Å²) in [5.41, 5.74) is 1.15. The van der Waals surface area contributed by atoms with E-state index in [1.807, 2.05) is 30.3 Å². The lowest BCUT2D eigenvalue weighted by molar-refractivity contribution is 0.351. The number of alkyl halides is 1. The highest BCUT2D eigenvalue weighted by molar-refractivity contribution is 14.1. The Bertz CT molecular complexity index is 862. The summed E-state index contributed by atoms with van der Waals surface area (Å²) in [6.07, 6.45) is 0. The number of benzene rings is 2. The summed E-state index contributed by atoms with van der Waals surface area (Å²) in [6.45, 7) is 0.513. The van der Waals surface area contributed by atoms with Crippen LogP contribution < -0.4 is 10.3 Å². The SMILES string of the molecule is O=c1[nH]c(-c2ccccc2)c(OCCI)c2ccc(F)cc12. The molecule has 112 valence electrons. The number of pyridine rings is 1. The summed E-state index contributed by atoms with van der Waals surface area (Å²) in [6, 6.07) is 13.7. The molecular formula is C17H13FINO2. The molecule has 1 N–H and O–H groups in total. The summed E-state index contributed by atoms with van der Waals surface area (Å²) < 4.78 is 20.1. The minimum atomic E-state index is -0.440. The topological polar surface area (TPSA) is 42.1 Å². The highest BCUT2D eigenvalue weighted by Gasteiger charge is 2.15. The van der Waals surface area contributed by atoms with Crippen molar-refractivity contribution in [1.82, 2.24) is 4.98 Å². The maximum atomic E-state index is 13.4. The Hall–Kier alpha value is -1.89. The summed E-state index contributed by atoms with van der Waals surface area (Å²) in [5.74, 6) is 0.141. The van der Waals surface area contributed by atoms with Crippen LogP contribution in [0.2, 0.25) is 0 Å². The number of aromatic nitrogens is 1. The molecule has 2 aromatic carbocycles. The highest BCUT2D eigenvalue weighted by atomic mass is 127. The molecule has 3 aromatic rings. The number of fused-ring (bicyclic) bond motifs is 1. The zero-order valence-corrected chi connectivity index (χ0v) is 13.8. The number of ether oxygens (including phenoxy) is 1. The molecule has 0 aliphatic carbocycles. The maximum Gasteiger partial charge on any atom is 0.256 e. The van der Waals surface area contributed by atoms with Crippen molar-refractivity contribution in [3.05, 3.63) is 64.7 Å². The van der Waals surface area contributed by atoms with Gasteiger partial charge in [-0.3, -0.25) is 4.79 Å². The maximum absolute atomic E-state index is 13.4. The number of rotatable bonds is 4. The van der Waals surface area contributed by atoms with E-state index in [0.717, 1.165) is 9.99 Å². The Morgan fingerprint density at radius 1 is 1.09 bits per heavy atom. The fourth-order valence-corrected chi connectivity index (χ4v) is 2.59. The van der Waals surface area contributed by atoms with Crippen molar-refractivity contribution in [1.29, 1.82) is 0 Å². The van der Waals surface area contributed by atoms with E-state index in [2.05, 4.69) is 27.6 Å². The van der Waals surface area contributed by atoms with Crippen molar-refractivity contribution in [3.8, 4) is 17.0 Å². The molecular weight excluding hydrogens is 396 g/mol. The fraction of sp³-hybridized carbons (Fsp3) is 0.118. The summed E-state index contributed by atoms with van der Waals surface area (Å²) >= 11 is 2.22. The highest BCUT2D eigenvalue weighted by Crippen LogP contribution is 2.33. The van der Waals surface area contributed by atoms with Crippen LogP contribution in [0.25, 0.3) is 22.0 Å². The van der Waals surface area contributed by atoms with Crippen molar-refractivity contribution < 1.29 is 9.13 Å². The fourth-order valence-electron chi connectivity index (χ4n) is 2.37. The molecule has 0 atom stereocenters. The molecule has 0 saturated carbocycles. The Kier molecular flexibility index (Phi) is 4.42. The second-order valence-corrected chi connectivity index (χ2v) is 5.83. The first kappa shape index (κ1) is 15.0. The third-order valence-corrected chi connectivity index (χ3v) is 3.76. The molecule has 0 saturated heterocycles. The van der Waals surface area contributed by atoms with Gasteiger partial charge in [0.05, 0.1) is 17.7 Å². The van der Waals surface area contributed by atoms with Gasteiger partial charge >= 0.3 is 0 Å². The van der Waals surface area contributed by atoms with Crippen molar-refractivity contribution >= 4 is 33.4 Å². The Morgan fingerprint density at radius 3 is 2.59 bits per heavy atom. The van der Waals surface area contributed by atoms with Gasteiger partial charge in [0.15, 0.2) is 5.75 Å². The molecule has 0 unspecified atom stereocenters. The second-order valence-electron chi connectivity index (χ2n) is 4.75. The average Bonchev–Trinajstić information content (AvgIpc) is 2.55. The van der Waals surface area contributed by atoms with E-state index in [4.69, 9.17) is 4.74 Å². The van der Waals surface area contributed by atoms with Crippen LogP contribution in [-0.2, 0) is 0 Å².